The zero-order chi connectivity index (χ0) is 13.6. The maximum Gasteiger partial charge on any atom is 0.336 e. The highest BCUT2D eigenvalue weighted by atomic mass is 19.1. The normalized spacial score (nSPS) is 35.5. The first-order valence-corrected chi connectivity index (χ1v) is 6.60. The minimum absolute atomic E-state index is 0.127. The number of hydrogen-bond acceptors (Lipinski definition) is 4. The molecule has 0 aromatic heterocycles. The Kier molecular flexibility index (Phi) is 2.85. The molecular formula is C13H17FN2O3. The van der Waals surface area contributed by atoms with Gasteiger partial charge in [-0.3, -0.25) is 4.79 Å². The molecule has 3 heterocycles. The zero-order valence-corrected chi connectivity index (χ0v) is 10.9. The van der Waals surface area contributed by atoms with Gasteiger partial charge in [-0.25, -0.2) is 9.18 Å². The van der Waals surface area contributed by atoms with Crippen LogP contribution in [0.5, 0.6) is 0 Å². The molecule has 0 saturated carbocycles. The van der Waals surface area contributed by atoms with Crippen LogP contribution in [0, 0.1) is 5.41 Å². The van der Waals surface area contributed by atoms with Gasteiger partial charge in [0.2, 0.25) is 5.91 Å². The number of esters is 1. The van der Waals surface area contributed by atoms with Gasteiger partial charge in [-0.1, -0.05) is 0 Å². The SMILES string of the molecule is CC1=C(N2CC[C@]3(CCNCC3F)C2=O)COC1=O. The number of carbonyl (C=O) groups excluding carboxylic acids is 2. The Bertz CT molecular complexity index is 477. The molecule has 5 nitrogen and oxygen atoms in total. The van der Waals surface area contributed by atoms with Crippen LogP contribution >= 0.6 is 0 Å². The average molecular weight is 268 g/mol. The molecule has 1 N–H and O–H groups in total. The monoisotopic (exact) mass is 268 g/mol. The summed E-state index contributed by atoms with van der Waals surface area (Å²) >= 11 is 0. The quantitative estimate of drug-likeness (QED) is 0.698. The lowest BCUT2D eigenvalue weighted by atomic mass is 9.76. The van der Waals surface area contributed by atoms with E-state index in [0.717, 1.165) is 0 Å². The average Bonchev–Trinajstić information content (AvgIpc) is 2.88. The van der Waals surface area contributed by atoms with Crippen LogP contribution in [0.15, 0.2) is 11.3 Å². The lowest BCUT2D eigenvalue weighted by Crippen LogP contribution is -2.51. The number of carbonyl (C=O) groups is 2. The Morgan fingerprint density at radius 2 is 2.21 bits per heavy atom. The molecular weight excluding hydrogens is 251 g/mol. The molecule has 2 atom stereocenters. The highest BCUT2D eigenvalue weighted by Gasteiger charge is 2.54. The predicted octanol–water partition coefficient (Wildman–Crippen LogP) is 0.367. The Morgan fingerprint density at radius 1 is 1.42 bits per heavy atom. The third kappa shape index (κ3) is 1.69. The van der Waals surface area contributed by atoms with Crippen LogP contribution < -0.4 is 5.32 Å². The van der Waals surface area contributed by atoms with Gasteiger partial charge in [0.25, 0.3) is 0 Å². The lowest BCUT2D eigenvalue weighted by Gasteiger charge is -2.35. The van der Waals surface area contributed by atoms with E-state index in [4.69, 9.17) is 4.74 Å². The van der Waals surface area contributed by atoms with E-state index >= 15 is 0 Å². The number of rotatable bonds is 1. The van der Waals surface area contributed by atoms with Crippen molar-refractivity contribution >= 4 is 11.9 Å². The van der Waals surface area contributed by atoms with Gasteiger partial charge in [0, 0.05) is 13.1 Å². The zero-order valence-electron chi connectivity index (χ0n) is 10.9. The molecule has 1 spiro atoms. The summed E-state index contributed by atoms with van der Waals surface area (Å²) in [6.07, 6.45) is -0.123. The molecule has 2 fully saturated rings. The molecule has 1 amide bonds. The molecule has 0 radical (unpaired) electrons. The topological polar surface area (TPSA) is 58.6 Å². The van der Waals surface area contributed by atoms with E-state index < -0.39 is 11.6 Å². The van der Waals surface area contributed by atoms with E-state index in [1.165, 1.54) is 0 Å². The second-order valence-electron chi connectivity index (χ2n) is 5.43. The van der Waals surface area contributed by atoms with E-state index in [1.807, 2.05) is 0 Å². The third-order valence-corrected chi connectivity index (χ3v) is 4.53. The first-order valence-electron chi connectivity index (χ1n) is 6.60. The largest absolute Gasteiger partial charge is 0.456 e. The van der Waals surface area contributed by atoms with Crippen LogP contribution in [0.4, 0.5) is 4.39 Å². The molecule has 3 aliphatic rings. The Hall–Kier alpha value is -1.43. The summed E-state index contributed by atoms with van der Waals surface area (Å²) in [6, 6.07) is 0. The Labute approximate surface area is 110 Å². The van der Waals surface area contributed by atoms with E-state index in [2.05, 4.69) is 5.32 Å². The van der Waals surface area contributed by atoms with Gasteiger partial charge in [-0.15, -0.1) is 0 Å². The first kappa shape index (κ1) is 12.6. The highest BCUT2D eigenvalue weighted by molar-refractivity contribution is 5.94. The van der Waals surface area contributed by atoms with Crippen molar-refractivity contribution in [3.63, 3.8) is 0 Å². The smallest absolute Gasteiger partial charge is 0.336 e. The van der Waals surface area contributed by atoms with Crippen molar-refractivity contribution in [2.75, 3.05) is 26.2 Å². The summed E-state index contributed by atoms with van der Waals surface area (Å²) in [4.78, 5) is 25.5. The van der Waals surface area contributed by atoms with Crippen molar-refractivity contribution in [3.8, 4) is 0 Å². The van der Waals surface area contributed by atoms with E-state index in [0.29, 0.717) is 37.2 Å². The van der Waals surface area contributed by atoms with Crippen LogP contribution in [0.1, 0.15) is 19.8 Å². The molecule has 6 heteroatoms. The maximum absolute atomic E-state index is 14.2. The Balaban J connectivity index is 1.88. The number of ether oxygens (including phenoxy) is 1. The van der Waals surface area contributed by atoms with Gasteiger partial charge in [-0.2, -0.15) is 0 Å². The molecule has 19 heavy (non-hydrogen) atoms. The van der Waals surface area contributed by atoms with Crippen LogP contribution in [0.3, 0.4) is 0 Å². The molecule has 1 unspecified atom stereocenters. The molecule has 2 saturated heterocycles. The molecule has 104 valence electrons. The van der Waals surface area contributed by atoms with Gasteiger partial charge in [-0.05, 0) is 26.3 Å². The number of likely N-dealkylation sites (tertiary alicyclic amines) is 1. The summed E-state index contributed by atoms with van der Waals surface area (Å²) in [5.41, 5.74) is 0.178. The maximum atomic E-state index is 14.2. The predicted molar refractivity (Wildman–Crippen MR) is 64.8 cm³/mol. The fraction of sp³-hybridized carbons (Fsp3) is 0.692. The molecule has 0 aromatic rings. The number of alkyl halides is 1. The highest BCUT2D eigenvalue weighted by Crippen LogP contribution is 2.43. The summed E-state index contributed by atoms with van der Waals surface area (Å²) in [5, 5.41) is 2.97. The van der Waals surface area contributed by atoms with Crippen LogP contribution in [-0.4, -0.2) is 49.2 Å². The summed E-state index contributed by atoms with van der Waals surface area (Å²) < 4.78 is 19.1. The first-order chi connectivity index (χ1) is 9.06. The summed E-state index contributed by atoms with van der Waals surface area (Å²) in [6.45, 7) is 3.14. The van der Waals surface area contributed by atoms with Gasteiger partial charge < -0.3 is 15.0 Å². The number of amides is 1. The summed E-state index contributed by atoms with van der Waals surface area (Å²) in [7, 11) is 0. The minimum Gasteiger partial charge on any atom is -0.456 e. The number of cyclic esters (lactones) is 1. The molecule has 0 aliphatic carbocycles. The Morgan fingerprint density at radius 3 is 2.84 bits per heavy atom. The van der Waals surface area contributed by atoms with Crippen molar-refractivity contribution in [1.29, 1.82) is 0 Å². The van der Waals surface area contributed by atoms with E-state index in [1.54, 1.807) is 11.8 Å². The molecule has 0 bridgehead atoms. The van der Waals surface area contributed by atoms with Crippen molar-refractivity contribution in [1.82, 2.24) is 10.2 Å². The second kappa shape index (κ2) is 4.30. The fourth-order valence-corrected chi connectivity index (χ4v) is 3.21. The third-order valence-electron chi connectivity index (χ3n) is 4.53. The minimum atomic E-state index is -1.15. The van der Waals surface area contributed by atoms with Crippen molar-refractivity contribution in [3.05, 3.63) is 11.3 Å². The number of nitrogens with one attached hydrogen (secondary N) is 1. The molecule has 0 aromatic carbocycles. The second-order valence-corrected chi connectivity index (χ2v) is 5.43. The van der Waals surface area contributed by atoms with Crippen molar-refractivity contribution in [2.45, 2.75) is 25.9 Å². The van der Waals surface area contributed by atoms with Gasteiger partial charge >= 0.3 is 5.97 Å². The van der Waals surface area contributed by atoms with Crippen molar-refractivity contribution in [2.24, 2.45) is 5.41 Å². The fourth-order valence-electron chi connectivity index (χ4n) is 3.21. The number of nitrogens with zero attached hydrogens (tertiary/aromatic N) is 1. The summed E-state index contributed by atoms with van der Waals surface area (Å²) in [5.74, 6) is -0.569. The number of piperidine rings is 1. The lowest BCUT2D eigenvalue weighted by molar-refractivity contribution is -0.140. The van der Waals surface area contributed by atoms with Crippen molar-refractivity contribution < 1.29 is 18.7 Å². The van der Waals surface area contributed by atoms with Gasteiger partial charge in [0.1, 0.15) is 12.8 Å². The van der Waals surface area contributed by atoms with Gasteiger partial charge in [0.15, 0.2) is 0 Å². The van der Waals surface area contributed by atoms with E-state index in [9.17, 15) is 14.0 Å². The van der Waals surface area contributed by atoms with Crippen LogP contribution in [0.2, 0.25) is 0 Å². The van der Waals surface area contributed by atoms with Crippen LogP contribution in [0.25, 0.3) is 0 Å². The molecule has 3 aliphatic heterocycles. The standard InChI is InChI=1S/C13H17FN2O3/c1-8-9(7-19-11(8)17)16-5-3-13(12(16)18)2-4-15-6-10(13)14/h10,15H,2-7H2,1H3/t10?,13-/m0/s1. The van der Waals surface area contributed by atoms with E-state index in [-0.39, 0.29) is 25.0 Å². The number of halogens is 1. The van der Waals surface area contributed by atoms with Crippen LogP contribution in [-0.2, 0) is 14.3 Å². The molecule has 3 rings (SSSR count). The number of hydrogen-bond donors (Lipinski definition) is 1. The van der Waals surface area contributed by atoms with Gasteiger partial charge in [0.05, 0.1) is 16.7 Å².